The zero-order valence-corrected chi connectivity index (χ0v) is 16.3. The second-order valence-electron chi connectivity index (χ2n) is 6.55. The fourth-order valence-corrected chi connectivity index (χ4v) is 4.22. The van der Waals surface area contributed by atoms with E-state index in [1.807, 2.05) is 36.5 Å². The quantitative estimate of drug-likeness (QED) is 0.506. The van der Waals surface area contributed by atoms with Crippen LogP contribution in [0.15, 0.2) is 60.9 Å². The highest BCUT2D eigenvalue weighted by Gasteiger charge is 2.23. The molecular weight excluding hydrogens is 388 g/mol. The predicted octanol–water partition coefficient (Wildman–Crippen LogP) is 3.61. The number of para-hydroxylation sites is 1. The van der Waals surface area contributed by atoms with Crippen molar-refractivity contribution in [3.63, 3.8) is 0 Å². The fourth-order valence-electron chi connectivity index (χ4n) is 3.23. The average Bonchev–Trinajstić information content (AvgIpc) is 3.43. The Labute approximate surface area is 171 Å². The number of hydrogen-bond donors (Lipinski definition) is 0. The van der Waals surface area contributed by atoms with Crippen LogP contribution in [0.5, 0.6) is 11.5 Å². The van der Waals surface area contributed by atoms with Crippen molar-refractivity contribution in [2.75, 3.05) is 24.7 Å². The smallest absolute Gasteiger partial charge is 0.260 e. The van der Waals surface area contributed by atoms with Crippen molar-refractivity contribution in [3.8, 4) is 11.5 Å². The Morgan fingerprint density at radius 1 is 1.10 bits per heavy atom. The maximum absolute atomic E-state index is 13.4. The van der Waals surface area contributed by atoms with E-state index in [0.717, 1.165) is 10.2 Å². The number of aromatic nitrogens is 3. The highest BCUT2D eigenvalue weighted by molar-refractivity contribution is 7.22. The third-order valence-corrected chi connectivity index (χ3v) is 5.72. The van der Waals surface area contributed by atoms with Crippen molar-refractivity contribution in [3.05, 3.63) is 66.5 Å². The lowest BCUT2D eigenvalue weighted by Crippen LogP contribution is -2.34. The van der Waals surface area contributed by atoms with Crippen LogP contribution in [-0.2, 0) is 6.54 Å². The summed E-state index contributed by atoms with van der Waals surface area (Å²) in [7, 11) is 0. The van der Waals surface area contributed by atoms with Gasteiger partial charge < -0.3 is 9.47 Å². The molecule has 0 N–H and O–H groups in total. The molecule has 0 saturated heterocycles. The summed E-state index contributed by atoms with van der Waals surface area (Å²) in [5.41, 5.74) is 1.42. The van der Waals surface area contributed by atoms with Crippen molar-refractivity contribution in [2.45, 2.75) is 6.54 Å². The molecule has 0 bridgehead atoms. The van der Waals surface area contributed by atoms with Gasteiger partial charge in [0.1, 0.15) is 13.2 Å². The van der Waals surface area contributed by atoms with Crippen LogP contribution in [-0.4, -0.2) is 40.4 Å². The molecule has 4 aromatic rings. The summed E-state index contributed by atoms with van der Waals surface area (Å²) in [6.07, 6.45) is 3.61. The average molecular weight is 406 g/mol. The van der Waals surface area contributed by atoms with Crippen LogP contribution in [0.1, 0.15) is 10.4 Å². The summed E-state index contributed by atoms with van der Waals surface area (Å²) >= 11 is 1.50. The summed E-state index contributed by atoms with van der Waals surface area (Å²) < 4.78 is 14.1. The van der Waals surface area contributed by atoms with E-state index in [-0.39, 0.29) is 5.91 Å². The van der Waals surface area contributed by atoms with Crippen molar-refractivity contribution in [2.24, 2.45) is 0 Å². The minimum absolute atomic E-state index is 0.131. The van der Waals surface area contributed by atoms with E-state index in [4.69, 9.17) is 9.47 Å². The molecule has 1 amide bonds. The first kappa shape index (κ1) is 17.7. The Hall–Kier alpha value is -3.39. The largest absolute Gasteiger partial charge is 0.486 e. The van der Waals surface area contributed by atoms with Crippen LogP contribution in [0.25, 0.3) is 10.2 Å². The normalized spacial score (nSPS) is 12.8. The molecule has 0 radical (unpaired) electrons. The SMILES string of the molecule is O=C(c1ccc2c(c1)OCCO2)N(CCn1cccn1)c1nc2ccccc2s1. The molecule has 2 aromatic carbocycles. The molecule has 3 heterocycles. The van der Waals surface area contributed by atoms with Crippen LogP contribution in [0, 0.1) is 0 Å². The molecule has 0 spiro atoms. The first-order valence-corrected chi connectivity index (χ1v) is 10.1. The fraction of sp³-hybridized carbons (Fsp3) is 0.190. The van der Waals surface area contributed by atoms with E-state index < -0.39 is 0 Å². The van der Waals surface area contributed by atoms with Gasteiger partial charge in [-0.15, -0.1) is 0 Å². The number of thiazole rings is 1. The summed E-state index contributed by atoms with van der Waals surface area (Å²) in [5, 5.41) is 4.90. The Balaban J connectivity index is 1.49. The van der Waals surface area contributed by atoms with Gasteiger partial charge in [-0.2, -0.15) is 5.10 Å². The van der Waals surface area contributed by atoms with Gasteiger partial charge in [-0.05, 0) is 36.4 Å². The molecule has 146 valence electrons. The third-order valence-electron chi connectivity index (χ3n) is 4.66. The second kappa shape index (κ2) is 7.56. The second-order valence-corrected chi connectivity index (χ2v) is 7.56. The Kier molecular flexibility index (Phi) is 4.61. The standard InChI is InChI=1S/C21H18N4O3S/c26-20(15-6-7-17-18(14-15)28-13-12-27-17)25(11-10-24-9-3-8-22-24)21-23-16-4-1-2-5-19(16)29-21/h1-9,14H,10-13H2. The third kappa shape index (κ3) is 3.54. The van der Waals surface area contributed by atoms with E-state index in [1.165, 1.54) is 11.3 Å². The summed E-state index contributed by atoms with van der Waals surface area (Å²) in [5.74, 6) is 1.13. The van der Waals surface area contributed by atoms with Gasteiger partial charge in [0, 0.05) is 24.5 Å². The van der Waals surface area contributed by atoms with E-state index >= 15 is 0 Å². The van der Waals surface area contributed by atoms with Crippen molar-refractivity contribution >= 4 is 32.6 Å². The Morgan fingerprint density at radius 2 is 1.97 bits per heavy atom. The van der Waals surface area contributed by atoms with Gasteiger partial charge in [-0.3, -0.25) is 14.4 Å². The lowest BCUT2D eigenvalue weighted by molar-refractivity contribution is 0.0984. The Bertz CT molecular complexity index is 1120. The zero-order chi connectivity index (χ0) is 19.6. The molecule has 1 aliphatic rings. The molecule has 5 rings (SSSR count). The molecule has 8 heteroatoms. The van der Waals surface area contributed by atoms with Crippen molar-refractivity contribution in [1.82, 2.24) is 14.8 Å². The number of carbonyl (C=O) groups is 1. The van der Waals surface area contributed by atoms with Gasteiger partial charge in [0.15, 0.2) is 16.6 Å². The van der Waals surface area contributed by atoms with Gasteiger partial charge in [-0.25, -0.2) is 4.98 Å². The first-order valence-electron chi connectivity index (χ1n) is 9.32. The van der Waals surface area contributed by atoms with Gasteiger partial charge in [0.25, 0.3) is 5.91 Å². The molecule has 0 atom stereocenters. The van der Waals surface area contributed by atoms with Crippen LogP contribution >= 0.6 is 11.3 Å². The van der Waals surface area contributed by atoms with Crippen LogP contribution in [0.2, 0.25) is 0 Å². The number of rotatable bonds is 5. The summed E-state index contributed by atoms with van der Waals surface area (Å²) in [6, 6.07) is 15.0. The highest BCUT2D eigenvalue weighted by atomic mass is 32.1. The number of nitrogens with zero attached hydrogens (tertiary/aromatic N) is 4. The van der Waals surface area contributed by atoms with Gasteiger partial charge in [-0.1, -0.05) is 23.5 Å². The number of anilines is 1. The lowest BCUT2D eigenvalue weighted by Gasteiger charge is -2.22. The lowest BCUT2D eigenvalue weighted by atomic mass is 10.1. The number of carbonyl (C=O) groups excluding carboxylic acids is 1. The summed E-state index contributed by atoms with van der Waals surface area (Å²) in [6.45, 7) is 2.02. The monoisotopic (exact) mass is 406 g/mol. The van der Waals surface area contributed by atoms with E-state index in [0.29, 0.717) is 48.5 Å². The minimum atomic E-state index is -0.131. The zero-order valence-electron chi connectivity index (χ0n) is 15.5. The topological polar surface area (TPSA) is 69.5 Å². The summed E-state index contributed by atoms with van der Waals surface area (Å²) in [4.78, 5) is 19.8. The van der Waals surface area contributed by atoms with Crippen LogP contribution < -0.4 is 14.4 Å². The molecule has 1 aliphatic heterocycles. The van der Waals surface area contributed by atoms with Crippen molar-refractivity contribution < 1.29 is 14.3 Å². The molecule has 0 saturated carbocycles. The molecular formula is C21H18N4O3S. The molecule has 0 unspecified atom stereocenters. The number of ether oxygens (including phenoxy) is 2. The number of benzene rings is 2. The number of hydrogen-bond acceptors (Lipinski definition) is 6. The highest BCUT2D eigenvalue weighted by Crippen LogP contribution is 2.33. The van der Waals surface area contributed by atoms with E-state index in [1.54, 1.807) is 34.0 Å². The van der Waals surface area contributed by atoms with E-state index in [2.05, 4.69) is 10.1 Å². The van der Waals surface area contributed by atoms with Gasteiger partial charge in [0.05, 0.1) is 16.8 Å². The van der Waals surface area contributed by atoms with Crippen LogP contribution in [0.3, 0.4) is 0 Å². The number of fused-ring (bicyclic) bond motifs is 2. The van der Waals surface area contributed by atoms with Crippen molar-refractivity contribution in [1.29, 1.82) is 0 Å². The molecule has 0 fully saturated rings. The number of amides is 1. The van der Waals surface area contributed by atoms with Crippen LogP contribution in [0.4, 0.5) is 5.13 Å². The molecule has 2 aromatic heterocycles. The van der Waals surface area contributed by atoms with Gasteiger partial charge >= 0.3 is 0 Å². The maximum Gasteiger partial charge on any atom is 0.260 e. The molecule has 7 nitrogen and oxygen atoms in total. The molecule has 0 aliphatic carbocycles. The van der Waals surface area contributed by atoms with E-state index in [9.17, 15) is 4.79 Å². The minimum Gasteiger partial charge on any atom is -0.486 e. The molecule has 29 heavy (non-hydrogen) atoms. The first-order chi connectivity index (χ1) is 14.3. The van der Waals surface area contributed by atoms with Gasteiger partial charge in [0.2, 0.25) is 0 Å². The predicted molar refractivity (Wildman–Crippen MR) is 111 cm³/mol. The Morgan fingerprint density at radius 3 is 2.79 bits per heavy atom. The maximum atomic E-state index is 13.4.